The summed E-state index contributed by atoms with van der Waals surface area (Å²) in [5.74, 6) is 1.05. The molecule has 0 aliphatic rings. The van der Waals surface area contributed by atoms with Crippen molar-refractivity contribution >= 4 is 0 Å². The van der Waals surface area contributed by atoms with Gasteiger partial charge in [0, 0.05) is 24.5 Å². The van der Waals surface area contributed by atoms with E-state index in [2.05, 4.69) is 14.9 Å². The lowest BCUT2D eigenvalue weighted by molar-refractivity contribution is 0.170. The van der Waals surface area contributed by atoms with Gasteiger partial charge in [-0.2, -0.15) is 0 Å². The maximum absolute atomic E-state index is 9.22. The smallest absolute Gasteiger partial charge is 0.105 e. The molecule has 1 unspecified atom stereocenters. The van der Waals surface area contributed by atoms with Crippen LogP contribution in [0.5, 0.6) is 0 Å². The minimum Gasteiger partial charge on any atom is -0.394 e. The predicted molar refractivity (Wildman–Crippen MR) is 60.7 cm³/mol. The summed E-state index contributed by atoms with van der Waals surface area (Å²) < 4.78 is 2.13. The Morgan fingerprint density at radius 1 is 1.60 bits per heavy atom. The van der Waals surface area contributed by atoms with Crippen LogP contribution < -0.4 is 5.32 Å². The lowest BCUT2D eigenvalue weighted by Crippen LogP contribution is -2.43. The molecule has 1 aromatic heterocycles. The van der Waals surface area contributed by atoms with Crippen LogP contribution in [0.25, 0.3) is 0 Å². The van der Waals surface area contributed by atoms with Crippen LogP contribution in [0.15, 0.2) is 12.4 Å². The van der Waals surface area contributed by atoms with Gasteiger partial charge >= 0.3 is 0 Å². The summed E-state index contributed by atoms with van der Waals surface area (Å²) in [6, 6.07) is 0. The van der Waals surface area contributed by atoms with E-state index in [9.17, 15) is 5.11 Å². The standard InChI is InChI=1S/C11H21N3O/c1-10-13-6-8-14(10)7-4-5-11(2,9-15)12-3/h6,8,12,15H,4-5,7,9H2,1-3H3. The van der Waals surface area contributed by atoms with Crippen LogP contribution >= 0.6 is 0 Å². The molecule has 1 heterocycles. The van der Waals surface area contributed by atoms with Crippen molar-refractivity contribution in [2.45, 2.75) is 38.8 Å². The monoisotopic (exact) mass is 211 g/mol. The fraction of sp³-hybridized carbons (Fsp3) is 0.727. The average Bonchev–Trinajstić information content (AvgIpc) is 2.64. The number of hydrogen-bond acceptors (Lipinski definition) is 3. The van der Waals surface area contributed by atoms with Crippen molar-refractivity contribution in [3.8, 4) is 0 Å². The molecule has 0 amide bonds. The maximum Gasteiger partial charge on any atom is 0.105 e. The minimum absolute atomic E-state index is 0.158. The molecule has 4 nitrogen and oxygen atoms in total. The van der Waals surface area contributed by atoms with Crippen LogP contribution in [0, 0.1) is 6.92 Å². The van der Waals surface area contributed by atoms with Crippen molar-refractivity contribution in [2.75, 3.05) is 13.7 Å². The number of aryl methyl sites for hydroxylation is 2. The number of nitrogens with one attached hydrogen (secondary N) is 1. The zero-order valence-corrected chi connectivity index (χ0v) is 9.82. The third-order valence-electron chi connectivity index (χ3n) is 3.00. The highest BCUT2D eigenvalue weighted by atomic mass is 16.3. The third kappa shape index (κ3) is 3.32. The van der Waals surface area contributed by atoms with E-state index in [-0.39, 0.29) is 12.1 Å². The second-order valence-corrected chi connectivity index (χ2v) is 4.24. The van der Waals surface area contributed by atoms with Gasteiger partial charge in [-0.3, -0.25) is 0 Å². The Bertz CT molecular complexity index is 292. The summed E-state index contributed by atoms with van der Waals surface area (Å²) in [6.07, 6.45) is 5.80. The first-order chi connectivity index (χ1) is 7.11. The highest BCUT2D eigenvalue weighted by Gasteiger charge is 2.19. The Balaban J connectivity index is 2.36. The Morgan fingerprint density at radius 2 is 2.33 bits per heavy atom. The lowest BCUT2D eigenvalue weighted by Gasteiger charge is -2.26. The first kappa shape index (κ1) is 12.2. The Kier molecular flexibility index (Phi) is 4.29. The summed E-state index contributed by atoms with van der Waals surface area (Å²) in [5.41, 5.74) is -0.158. The van der Waals surface area contributed by atoms with Crippen LogP contribution in [0.4, 0.5) is 0 Å². The van der Waals surface area contributed by atoms with Crippen molar-refractivity contribution in [2.24, 2.45) is 0 Å². The predicted octanol–water partition coefficient (Wildman–Crippen LogP) is 0.942. The fourth-order valence-corrected chi connectivity index (χ4v) is 1.56. The minimum atomic E-state index is -0.158. The van der Waals surface area contributed by atoms with Gasteiger partial charge in [0.2, 0.25) is 0 Å². The molecule has 0 aliphatic carbocycles. The summed E-state index contributed by atoms with van der Waals surface area (Å²) in [5, 5.41) is 12.4. The number of rotatable bonds is 6. The molecule has 0 fully saturated rings. The van der Waals surface area contributed by atoms with Gasteiger partial charge in [0.05, 0.1) is 6.61 Å². The van der Waals surface area contributed by atoms with Gasteiger partial charge in [-0.05, 0) is 33.7 Å². The van der Waals surface area contributed by atoms with E-state index in [1.165, 1.54) is 0 Å². The Morgan fingerprint density at radius 3 is 2.80 bits per heavy atom. The van der Waals surface area contributed by atoms with Gasteiger partial charge in [-0.1, -0.05) is 0 Å². The maximum atomic E-state index is 9.22. The second-order valence-electron chi connectivity index (χ2n) is 4.24. The normalized spacial score (nSPS) is 15.2. The van der Waals surface area contributed by atoms with Gasteiger partial charge < -0.3 is 15.0 Å². The van der Waals surface area contributed by atoms with E-state index in [0.29, 0.717) is 0 Å². The van der Waals surface area contributed by atoms with E-state index in [4.69, 9.17) is 0 Å². The molecule has 2 N–H and O–H groups in total. The number of aliphatic hydroxyl groups is 1. The summed E-state index contributed by atoms with van der Waals surface area (Å²) >= 11 is 0. The first-order valence-electron chi connectivity index (χ1n) is 5.39. The molecule has 4 heteroatoms. The molecule has 0 aliphatic heterocycles. The number of likely N-dealkylation sites (N-methyl/N-ethyl adjacent to an activating group) is 1. The molecule has 0 saturated heterocycles. The largest absolute Gasteiger partial charge is 0.394 e. The van der Waals surface area contributed by atoms with E-state index < -0.39 is 0 Å². The topological polar surface area (TPSA) is 50.1 Å². The molecular formula is C11H21N3O. The molecule has 1 rings (SSSR count). The van der Waals surface area contributed by atoms with Gasteiger partial charge in [0.25, 0.3) is 0 Å². The zero-order valence-electron chi connectivity index (χ0n) is 9.82. The zero-order chi connectivity index (χ0) is 11.3. The van der Waals surface area contributed by atoms with Crippen molar-refractivity contribution in [1.29, 1.82) is 0 Å². The van der Waals surface area contributed by atoms with Gasteiger partial charge in [0.1, 0.15) is 5.82 Å². The summed E-state index contributed by atoms with van der Waals surface area (Å²) in [7, 11) is 1.89. The Hall–Kier alpha value is -0.870. The highest BCUT2D eigenvalue weighted by Crippen LogP contribution is 2.12. The Labute approximate surface area is 91.3 Å². The number of aliphatic hydroxyl groups excluding tert-OH is 1. The van der Waals surface area contributed by atoms with Crippen molar-refractivity contribution < 1.29 is 5.11 Å². The van der Waals surface area contributed by atoms with Gasteiger partial charge in [-0.15, -0.1) is 0 Å². The number of nitrogens with zero attached hydrogens (tertiary/aromatic N) is 2. The third-order valence-corrected chi connectivity index (χ3v) is 3.00. The summed E-state index contributed by atoms with van der Waals surface area (Å²) in [4.78, 5) is 4.17. The number of aromatic nitrogens is 2. The van der Waals surface area contributed by atoms with Gasteiger partial charge in [-0.25, -0.2) is 4.98 Å². The average molecular weight is 211 g/mol. The molecule has 15 heavy (non-hydrogen) atoms. The van der Waals surface area contributed by atoms with Gasteiger partial charge in [0.15, 0.2) is 0 Å². The molecular weight excluding hydrogens is 190 g/mol. The highest BCUT2D eigenvalue weighted by molar-refractivity contribution is 4.88. The molecule has 0 spiro atoms. The molecule has 1 atom stereocenters. The first-order valence-corrected chi connectivity index (χ1v) is 5.39. The fourth-order valence-electron chi connectivity index (χ4n) is 1.56. The summed E-state index contributed by atoms with van der Waals surface area (Å²) in [6.45, 7) is 5.17. The molecule has 0 aromatic carbocycles. The second kappa shape index (κ2) is 5.28. The SMILES string of the molecule is CNC(C)(CO)CCCn1ccnc1C. The van der Waals surface area contributed by atoms with E-state index >= 15 is 0 Å². The molecule has 1 aromatic rings. The molecule has 0 bridgehead atoms. The van der Waals surface area contributed by atoms with Crippen LogP contribution in [0.1, 0.15) is 25.6 Å². The number of hydrogen-bond donors (Lipinski definition) is 2. The molecule has 86 valence electrons. The number of imidazole rings is 1. The van der Waals surface area contributed by atoms with Crippen LogP contribution in [-0.2, 0) is 6.54 Å². The van der Waals surface area contributed by atoms with E-state index in [1.54, 1.807) is 0 Å². The molecule has 0 radical (unpaired) electrons. The lowest BCUT2D eigenvalue weighted by atomic mass is 9.97. The van der Waals surface area contributed by atoms with Crippen molar-refractivity contribution in [1.82, 2.24) is 14.9 Å². The van der Waals surface area contributed by atoms with Crippen molar-refractivity contribution in [3.63, 3.8) is 0 Å². The van der Waals surface area contributed by atoms with Crippen LogP contribution in [0.3, 0.4) is 0 Å². The van der Waals surface area contributed by atoms with Crippen LogP contribution in [0.2, 0.25) is 0 Å². The van der Waals surface area contributed by atoms with E-state index in [1.807, 2.05) is 33.3 Å². The van der Waals surface area contributed by atoms with E-state index in [0.717, 1.165) is 25.2 Å². The molecule has 0 saturated carbocycles. The quantitative estimate of drug-likeness (QED) is 0.736. The van der Waals surface area contributed by atoms with Crippen LogP contribution in [-0.4, -0.2) is 33.9 Å². The van der Waals surface area contributed by atoms with Crippen molar-refractivity contribution in [3.05, 3.63) is 18.2 Å².